The van der Waals surface area contributed by atoms with Crippen molar-refractivity contribution in [3.05, 3.63) is 64.3 Å². The Balaban J connectivity index is 1.24. The number of nitrogens with zero attached hydrogens (tertiary/aromatic N) is 5. The van der Waals surface area contributed by atoms with Crippen LogP contribution < -0.4 is 4.90 Å². The van der Waals surface area contributed by atoms with Crippen molar-refractivity contribution < 1.29 is 0 Å². The molecule has 0 bridgehead atoms. The number of hydrogen-bond donors (Lipinski definition) is 0. The third-order valence-corrected chi connectivity index (χ3v) is 6.59. The number of aromatic nitrogens is 3. The van der Waals surface area contributed by atoms with E-state index in [-0.39, 0.29) is 0 Å². The van der Waals surface area contributed by atoms with Crippen LogP contribution >= 0.6 is 23.2 Å². The molecule has 0 saturated carbocycles. The second-order valence-electron chi connectivity index (χ2n) is 7.77. The summed E-state index contributed by atoms with van der Waals surface area (Å²) >= 11 is 12.5. The van der Waals surface area contributed by atoms with Crippen molar-refractivity contribution in [3.63, 3.8) is 0 Å². The van der Waals surface area contributed by atoms with E-state index in [0.29, 0.717) is 10.0 Å². The van der Waals surface area contributed by atoms with E-state index in [2.05, 4.69) is 51.3 Å². The van der Waals surface area contributed by atoms with Crippen LogP contribution in [0.1, 0.15) is 18.4 Å². The van der Waals surface area contributed by atoms with E-state index in [0.717, 1.165) is 63.5 Å². The van der Waals surface area contributed by atoms with Crippen molar-refractivity contribution in [3.8, 4) is 11.3 Å². The smallest absolute Gasteiger partial charge is 0.0888 e. The quantitative estimate of drug-likeness (QED) is 0.472. The lowest BCUT2D eigenvalue weighted by molar-refractivity contribution is 0.251. The van der Waals surface area contributed by atoms with Gasteiger partial charge in [0.15, 0.2) is 0 Å². The van der Waals surface area contributed by atoms with Gasteiger partial charge < -0.3 is 4.90 Å². The van der Waals surface area contributed by atoms with Crippen LogP contribution in [0.5, 0.6) is 0 Å². The number of hydrogen-bond acceptors (Lipinski definition) is 4. The number of aryl methyl sites for hydroxylation is 2. The summed E-state index contributed by atoms with van der Waals surface area (Å²) in [6, 6.07) is 14.2. The van der Waals surface area contributed by atoms with Gasteiger partial charge in [-0.2, -0.15) is 0 Å². The van der Waals surface area contributed by atoms with Gasteiger partial charge in [-0.25, -0.2) is 4.68 Å². The van der Waals surface area contributed by atoms with Crippen molar-refractivity contribution in [1.29, 1.82) is 0 Å². The first-order chi connectivity index (χ1) is 14.6. The molecule has 158 valence electrons. The molecule has 7 heteroatoms. The number of benzene rings is 2. The molecule has 2 heterocycles. The van der Waals surface area contributed by atoms with Gasteiger partial charge in [-0.1, -0.05) is 58.7 Å². The molecule has 1 aromatic heterocycles. The Morgan fingerprint density at radius 2 is 1.67 bits per heavy atom. The fraction of sp³-hybridized carbons (Fsp3) is 0.391. The molecule has 1 fully saturated rings. The van der Waals surface area contributed by atoms with Crippen molar-refractivity contribution in [2.45, 2.75) is 26.3 Å². The fourth-order valence-electron chi connectivity index (χ4n) is 4.04. The lowest BCUT2D eigenvalue weighted by atomic mass is 10.1. The molecule has 1 aliphatic rings. The van der Waals surface area contributed by atoms with E-state index in [1.807, 2.05) is 29.1 Å². The third kappa shape index (κ3) is 4.80. The lowest BCUT2D eigenvalue weighted by Crippen LogP contribution is -2.46. The molecule has 3 aromatic rings. The van der Waals surface area contributed by atoms with Crippen LogP contribution in [-0.2, 0) is 6.54 Å². The first-order valence-electron chi connectivity index (χ1n) is 10.5. The fourth-order valence-corrected chi connectivity index (χ4v) is 4.45. The Labute approximate surface area is 188 Å². The minimum absolute atomic E-state index is 0.620. The van der Waals surface area contributed by atoms with E-state index in [4.69, 9.17) is 23.2 Å². The second-order valence-corrected chi connectivity index (χ2v) is 8.55. The molecule has 0 aliphatic carbocycles. The van der Waals surface area contributed by atoms with Gasteiger partial charge in [0.05, 0.1) is 27.6 Å². The summed E-state index contributed by atoms with van der Waals surface area (Å²) in [7, 11) is 0. The van der Waals surface area contributed by atoms with Crippen LogP contribution in [0, 0.1) is 6.92 Å². The average molecular weight is 444 g/mol. The summed E-state index contributed by atoms with van der Waals surface area (Å²) in [5.74, 6) is 0. The summed E-state index contributed by atoms with van der Waals surface area (Å²) in [5, 5.41) is 9.71. The van der Waals surface area contributed by atoms with E-state index < -0.39 is 0 Å². The number of halogens is 2. The second kappa shape index (κ2) is 9.82. The highest BCUT2D eigenvalue weighted by atomic mass is 35.5. The molecule has 0 atom stereocenters. The maximum absolute atomic E-state index is 6.38. The third-order valence-electron chi connectivity index (χ3n) is 5.78. The van der Waals surface area contributed by atoms with Gasteiger partial charge >= 0.3 is 0 Å². The van der Waals surface area contributed by atoms with Crippen LogP contribution in [0.15, 0.2) is 48.7 Å². The first-order valence-corrected chi connectivity index (χ1v) is 11.2. The summed E-state index contributed by atoms with van der Waals surface area (Å²) in [6.45, 7) is 8.15. The zero-order chi connectivity index (χ0) is 20.9. The molecular formula is C23H27Cl2N5. The molecule has 4 rings (SSSR count). The molecule has 5 nitrogen and oxygen atoms in total. The van der Waals surface area contributed by atoms with Crippen LogP contribution in [0.3, 0.4) is 0 Å². The Kier molecular flexibility index (Phi) is 6.93. The largest absolute Gasteiger partial charge is 0.368 e. The maximum Gasteiger partial charge on any atom is 0.0888 e. The van der Waals surface area contributed by atoms with Crippen molar-refractivity contribution in [1.82, 2.24) is 19.9 Å². The zero-order valence-electron chi connectivity index (χ0n) is 17.3. The normalized spacial score (nSPS) is 15.0. The van der Waals surface area contributed by atoms with Gasteiger partial charge in [0.1, 0.15) is 0 Å². The molecule has 0 spiro atoms. The van der Waals surface area contributed by atoms with Crippen molar-refractivity contribution in [2.24, 2.45) is 0 Å². The zero-order valence-corrected chi connectivity index (χ0v) is 18.8. The molecule has 0 N–H and O–H groups in total. The molecule has 0 radical (unpaired) electrons. The number of rotatable bonds is 7. The van der Waals surface area contributed by atoms with Gasteiger partial charge in [-0.15, -0.1) is 5.10 Å². The van der Waals surface area contributed by atoms with Crippen LogP contribution in [0.2, 0.25) is 10.0 Å². The summed E-state index contributed by atoms with van der Waals surface area (Å²) in [5.41, 5.74) is 4.59. The lowest BCUT2D eigenvalue weighted by Gasteiger charge is -2.36. The van der Waals surface area contributed by atoms with Gasteiger partial charge in [-0.3, -0.25) is 4.90 Å². The van der Waals surface area contributed by atoms with Gasteiger partial charge in [0.25, 0.3) is 0 Å². The standard InChI is InChI=1S/C23H27Cl2N5/c1-18-7-2-3-8-19(18)22-17-26-27-30(22)12-5-4-11-28-13-15-29(16-14-28)21-10-6-9-20(24)23(21)25/h2-3,6-10,17H,4-5,11-16H2,1H3. The SMILES string of the molecule is Cc1ccccc1-c1cnnn1CCCCN1CCN(c2cccc(Cl)c2Cl)CC1. The van der Waals surface area contributed by atoms with E-state index >= 15 is 0 Å². The number of anilines is 1. The van der Waals surface area contributed by atoms with Crippen molar-refractivity contribution >= 4 is 28.9 Å². The Bertz CT molecular complexity index is 979. The predicted octanol–water partition coefficient (Wildman–Crippen LogP) is 5.16. The molecule has 1 saturated heterocycles. The van der Waals surface area contributed by atoms with E-state index in [9.17, 15) is 0 Å². The molecule has 30 heavy (non-hydrogen) atoms. The minimum atomic E-state index is 0.620. The van der Waals surface area contributed by atoms with Crippen LogP contribution in [0.25, 0.3) is 11.3 Å². The molecular weight excluding hydrogens is 417 g/mol. The van der Waals surface area contributed by atoms with Gasteiger partial charge in [0.2, 0.25) is 0 Å². The highest BCUT2D eigenvalue weighted by Gasteiger charge is 2.19. The molecule has 1 aliphatic heterocycles. The van der Waals surface area contributed by atoms with Crippen molar-refractivity contribution in [2.75, 3.05) is 37.6 Å². The van der Waals surface area contributed by atoms with E-state index in [1.54, 1.807) is 0 Å². The topological polar surface area (TPSA) is 37.2 Å². The number of piperazine rings is 1. The molecule has 0 amide bonds. The summed E-state index contributed by atoms with van der Waals surface area (Å²) < 4.78 is 2.03. The van der Waals surface area contributed by atoms with E-state index in [1.165, 1.54) is 11.1 Å². The number of unbranched alkanes of at least 4 members (excludes halogenated alkanes) is 1. The average Bonchev–Trinajstić information content (AvgIpc) is 3.22. The summed E-state index contributed by atoms with van der Waals surface area (Å²) in [4.78, 5) is 4.85. The van der Waals surface area contributed by atoms with Gasteiger partial charge in [0, 0.05) is 38.3 Å². The van der Waals surface area contributed by atoms with Gasteiger partial charge in [-0.05, 0) is 44.0 Å². The molecule has 2 aromatic carbocycles. The Morgan fingerprint density at radius 3 is 2.47 bits per heavy atom. The first kappa shape index (κ1) is 21.2. The Morgan fingerprint density at radius 1 is 0.900 bits per heavy atom. The maximum atomic E-state index is 6.38. The highest BCUT2D eigenvalue weighted by molar-refractivity contribution is 6.43. The van der Waals surface area contributed by atoms with Crippen LogP contribution in [0.4, 0.5) is 5.69 Å². The predicted molar refractivity (Wildman–Crippen MR) is 125 cm³/mol. The summed E-state index contributed by atoms with van der Waals surface area (Å²) in [6.07, 6.45) is 4.09. The minimum Gasteiger partial charge on any atom is -0.368 e. The molecule has 0 unspecified atom stereocenters. The Hall–Kier alpha value is -2.08. The highest BCUT2D eigenvalue weighted by Crippen LogP contribution is 2.32. The van der Waals surface area contributed by atoms with Crippen LogP contribution in [-0.4, -0.2) is 52.6 Å². The monoisotopic (exact) mass is 443 g/mol.